The number of rotatable bonds is 6. The second-order valence-electron chi connectivity index (χ2n) is 4.24. The summed E-state index contributed by atoms with van der Waals surface area (Å²) in [5.41, 5.74) is 1.49. The molecule has 20 heavy (non-hydrogen) atoms. The van der Waals surface area contributed by atoms with Crippen LogP contribution < -0.4 is 4.90 Å². The van der Waals surface area contributed by atoms with Gasteiger partial charge < -0.3 is 10.0 Å². The molecule has 106 valence electrons. The van der Waals surface area contributed by atoms with Crippen LogP contribution in [-0.2, 0) is 11.2 Å². The first-order valence-electron chi connectivity index (χ1n) is 6.29. The first-order valence-corrected chi connectivity index (χ1v) is 7.17. The summed E-state index contributed by atoms with van der Waals surface area (Å²) in [6.45, 7) is 2.62. The second-order valence-corrected chi connectivity index (χ2v) is 5.08. The standard InChI is InChI=1S/C14H15FN2O2S/c1-2-17(12-5-3-4-10(15)8-12)14-16-11(9-20-14)6-7-13(18)19/h3-5,8-9H,2,6-7H2,1H3,(H,18,19). The minimum absolute atomic E-state index is 0.0647. The van der Waals surface area contributed by atoms with Gasteiger partial charge in [-0.05, 0) is 25.1 Å². The van der Waals surface area contributed by atoms with Gasteiger partial charge in [0.1, 0.15) is 5.82 Å². The van der Waals surface area contributed by atoms with Crippen LogP contribution in [0.15, 0.2) is 29.6 Å². The summed E-state index contributed by atoms with van der Waals surface area (Å²) in [6.07, 6.45) is 0.474. The molecule has 4 nitrogen and oxygen atoms in total. The molecule has 1 aromatic heterocycles. The number of carboxylic acid groups (broad SMARTS) is 1. The average molecular weight is 294 g/mol. The molecule has 2 rings (SSSR count). The van der Waals surface area contributed by atoms with Crippen molar-refractivity contribution in [2.24, 2.45) is 0 Å². The van der Waals surface area contributed by atoms with Crippen molar-refractivity contribution in [2.75, 3.05) is 11.4 Å². The fourth-order valence-electron chi connectivity index (χ4n) is 1.84. The van der Waals surface area contributed by atoms with Crippen LogP contribution in [0.5, 0.6) is 0 Å². The molecule has 0 atom stereocenters. The van der Waals surface area contributed by atoms with Gasteiger partial charge in [-0.1, -0.05) is 6.07 Å². The Bertz CT molecular complexity index is 600. The summed E-state index contributed by atoms with van der Waals surface area (Å²) in [5, 5.41) is 11.3. The zero-order chi connectivity index (χ0) is 14.5. The van der Waals surface area contributed by atoms with Crippen LogP contribution in [0.1, 0.15) is 19.0 Å². The van der Waals surface area contributed by atoms with E-state index in [2.05, 4.69) is 4.98 Å². The van der Waals surface area contributed by atoms with Gasteiger partial charge in [0.2, 0.25) is 0 Å². The van der Waals surface area contributed by atoms with Gasteiger partial charge in [0.15, 0.2) is 5.13 Å². The molecular formula is C14H15FN2O2S. The lowest BCUT2D eigenvalue weighted by atomic mass is 10.2. The number of aliphatic carboxylic acids is 1. The minimum Gasteiger partial charge on any atom is -0.481 e. The predicted molar refractivity (Wildman–Crippen MR) is 77.2 cm³/mol. The van der Waals surface area contributed by atoms with E-state index >= 15 is 0 Å². The third kappa shape index (κ3) is 3.54. The lowest BCUT2D eigenvalue weighted by molar-refractivity contribution is -0.136. The fraction of sp³-hybridized carbons (Fsp3) is 0.286. The monoisotopic (exact) mass is 294 g/mol. The van der Waals surface area contributed by atoms with Gasteiger partial charge in [-0.3, -0.25) is 4.79 Å². The van der Waals surface area contributed by atoms with Crippen LogP contribution in [0.3, 0.4) is 0 Å². The van der Waals surface area contributed by atoms with Crippen molar-refractivity contribution in [1.29, 1.82) is 0 Å². The van der Waals surface area contributed by atoms with E-state index in [1.54, 1.807) is 6.07 Å². The highest BCUT2D eigenvalue weighted by Crippen LogP contribution is 2.28. The maximum absolute atomic E-state index is 13.3. The molecule has 0 saturated carbocycles. The summed E-state index contributed by atoms with van der Waals surface area (Å²) >= 11 is 1.43. The summed E-state index contributed by atoms with van der Waals surface area (Å²) in [7, 11) is 0. The Morgan fingerprint density at radius 1 is 1.50 bits per heavy atom. The number of aromatic nitrogens is 1. The lowest BCUT2D eigenvalue weighted by Crippen LogP contribution is -2.16. The summed E-state index contributed by atoms with van der Waals surface area (Å²) in [5.74, 6) is -1.12. The zero-order valence-corrected chi connectivity index (χ0v) is 11.9. The van der Waals surface area contributed by atoms with Crippen molar-refractivity contribution in [3.63, 3.8) is 0 Å². The zero-order valence-electron chi connectivity index (χ0n) is 11.0. The molecule has 0 saturated heterocycles. The number of carboxylic acids is 1. The van der Waals surface area contributed by atoms with Crippen LogP contribution in [0, 0.1) is 5.82 Å². The molecular weight excluding hydrogens is 279 g/mol. The molecule has 0 spiro atoms. The molecule has 0 unspecified atom stereocenters. The highest BCUT2D eigenvalue weighted by molar-refractivity contribution is 7.13. The highest BCUT2D eigenvalue weighted by Gasteiger charge is 2.12. The number of benzene rings is 1. The summed E-state index contributed by atoms with van der Waals surface area (Å²) in [6, 6.07) is 6.34. The van der Waals surface area contributed by atoms with Gasteiger partial charge in [0, 0.05) is 24.0 Å². The van der Waals surface area contributed by atoms with Crippen LogP contribution in [0.4, 0.5) is 15.2 Å². The van der Waals surface area contributed by atoms with Crippen LogP contribution >= 0.6 is 11.3 Å². The van der Waals surface area contributed by atoms with Crippen molar-refractivity contribution >= 4 is 28.1 Å². The van der Waals surface area contributed by atoms with Gasteiger partial charge >= 0.3 is 5.97 Å². The van der Waals surface area contributed by atoms with Crippen molar-refractivity contribution in [3.05, 3.63) is 41.2 Å². The Balaban J connectivity index is 2.18. The van der Waals surface area contributed by atoms with Crippen molar-refractivity contribution in [3.8, 4) is 0 Å². The van der Waals surface area contributed by atoms with E-state index < -0.39 is 5.97 Å². The minimum atomic E-state index is -0.836. The molecule has 0 bridgehead atoms. The van der Waals surface area contributed by atoms with Crippen molar-refractivity contribution < 1.29 is 14.3 Å². The Morgan fingerprint density at radius 3 is 2.95 bits per heavy atom. The number of hydrogen-bond acceptors (Lipinski definition) is 4. The SMILES string of the molecule is CCN(c1cccc(F)c1)c1nc(CCC(=O)O)cs1. The molecule has 0 fully saturated rings. The van der Waals surface area contributed by atoms with Gasteiger partial charge in [0.05, 0.1) is 12.1 Å². The van der Waals surface area contributed by atoms with E-state index in [4.69, 9.17) is 5.11 Å². The number of thiazole rings is 1. The van der Waals surface area contributed by atoms with Crippen LogP contribution in [0.2, 0.25) is 0 Å². The Labute approximate surface area is 120 Å². The number of nitrogens with zero attached hydrogens (tertiary/aromatic N) is 2. The molecule has 1 heterocycles. The van der Waals surface area contributed by atoms with Crippen LogP contribution in [-0.4, -0.2) is 22.6 Å². The van der Waals surface area contributed by atoms with Crippen molar-refractivity contribution in [2.45, 2.75) is 19.8 Å². The Hall–Kier alpha value is -1.95. The normalized spacial score (nSPS) is 10.5. The van der Waals surface area contributed by atoms with Gasteiger partial charge in [-0.15, -0.1) is 11.3 Å². The topological polar surface area (TPSA) is 53.4 Å². The molecule has 0 aliphatic rings. The number of hydrogen-bond donors (Lipinski definition) is 1. The molecule has 0 radical (unpaired) electrons. The van der Waals surface area contributed by atoms with E-state index in [1.807, 2.05) is 23.3 Å². The average Bonchev–Trinajstić information content (AvgIpc) is 2.86. The van der Waals surface area contributed by atoms with E-state index in [1.165, 1.54) is 23.5 Å². The van der Waals surface area contributed by atoms with Gasteiger partial charge in [0.25, 0.3) is 0 Å². The maximum atomic E-state index is 13.3. The summed E-state index contributed by atoms with van der Waals surface area (Å²) in [4.78, 5) is 16.9. The predicted octanol–water partition coefficient (Wildman–Crippen LogP) is 3.46. The Kier molecular flexibility index (Phi) is 4.68. The molecule has 1 N–H and O–H groups in total. The first kappa shape index (κ1) is 14.5. The van der Waals surface area contributed by atoms with E-state index in [9.17, 15) is 9.18 Å². The highest BCUT2D eigenvalue weighted by atomic mass is 32.1. The molecule has 1 aromatic carbocycles. The number of anilines is 2. The molecule has 6 heteroatoms. The number of halogens is 1. The summed E-state index contributed by atoms with van der Waals surface area (Å²) < 4.78 is 13.3. The molecule has 0 aliphatic carbocycles. The van der Waals surface area contributed by atoms with E-state index in [-0.39, 0.29) is 12.2 Å². The third-order valence-electron chi connectivity index (χ3n) is 2.80. The van der Waals surface area contributed by atoms with Gasteiger partial charge in [-0.25, -0.2) is 9.37 Å². The number of carbonyl (C=O) groups is 1. The lowest BCUT2D eigenvalue weighted by Gasteiger charge is -2.19. The largest absolute Gasteiger partial charge is 0.481 e. The molecule has 2 aromatic rings. The van der Waals surface area contributed by atoms with E-state index in [0.29, 0.717) is 13.0 Å². The van der Waals surface area contributed by atoms with Gasteiger partial charge in [-0.2, -0.15) is 0 Å². The maximum Gasteiger partial charge on any atom is 0.303 e. The van der Waals surface area contributed by atoms with Crippen LogP contribution in [0.25, 0.3) is 0 Å². The number of aryl methyl sites for hydroxylation is 1. The van der Waals surface area contributed by atoms with Crippen molar-refractivity contribution in [1.82, 2.24) is 4.98 Å². The molecule has 0 aliphatic heterocycles. The second kappa shape index (κ2) is 6.47. The Morgan fingerprint density at radius 2 is 2.30 bits per heavy atom. The fourth-order valence-corrected chi connectivity index (χ4v) is 2.79. The quantitative estimate of drug-likeness (QED) is 0.886. The smallest absolute Gasteiger partial charge is 0.303 e. The third-order valence-corrected chi connectivity index (χ3v) is 3.71. The first-order chi connectivity index (χ1) is 9.60. The van der Waals surface area contributed by atoms with E-state index in [0.717, 1.165) is 16.5 Å². The molecule has 0 amide bonds.